The Morgan fingerprint density at radius 3 is 2.47 bits per heavy atom. The van der Waals surface area contributed by atoms with Crippen LogP contribution in [0.1, 0.15) is 33.1 Å². The zero-order chi connectivity index (χ0) is 13.7. The van der Waals surface area contributed by atoms with Crippen LogP contribution in [0.3, 0.4) is 0 Å². The van der Waals surface area contributed by atoms with E-state index in [0.717, 1.165) is 22.6 Å². The molecule has 0 saturated heterocycles. The van der Waals surface area contributed by atoms with Gasteiger partial charge in [0.2, 0.25) is 0 Å². The molecule has 0 aromatic heterocycles. The molecule has 3 rings (SSSR count). The Labute approximate surface area is 120 Å². The van der Waals surface area contributed by atoms with Crippen LogP contribution in [-0.2, 0) is 0 Å². The van der Waals surface area contributed by atoms with Crippen LogP contribution in [0.25, 0.3) is 0 Å². The molecule has 2 fully saturated rings. The van der Waals surface area contributed by atoms with Crippen LogP contribution >= 0.6 is 0 Å². The zero-order valence-corrected chi connectivity index (χ0v) is 13.4. The number of aliphatic hydroxyl groups is 1. The summed E-state index contributed by atoms with van der Waals surface area (Å²) in [6, 6.07) is 10.0. The van der Waals surface area contributed by atoms with Gasteiger partial charge in [-0.3, -0.25) is 0 Å². The van der Waals surface area contributed by atoms with Crippen molar-refractivity contribution in [3.05, 3.63) is 30.3 Å². The van der Waals surface area contributed by atoms with Gasteiger partial charge < -0.3 is 0 Å². The van der Waals surface area contributed by atoms with E-state index in [9.17, 15) is 9.30 Å². The zero-order valence-electron chi connectivity index (χ0n) is 11.7. The van der Waals surface area contributed by atoms with Crippen molar-refractivity contribution in [2.45, 2.75) is 44.5 Å². The summed E-state index contributed by atoms with van der Waals surface area (Å²) in [5, 5.41) is 11.3. The van der Waals surface area contributed by atoms with E-state index >= 15 is 0 Å². The van der Waals surface area contributed by atoms with Crippen molar-refractivity contribution in [1.29, 1.82) is 0 Å². The molecule has 2 aliphatic carbocycles. The molecule has 4 atom stereocenters. The molecule has 1 aromatic rings. The number of hydrogen-bond acceptors (Lipinski definition) is 2. The quantitative estimate of drug-likeness (QED) is 0.835. The fourth-order valence-corrected chi connectivity index (χ4v) is 8.13. The van der Waals surface area contributed by atoms with Crippen molar-refractivity contribution < 1.29 is 9.30 Å². The second-order valence-electron chi connectivity index (χ2n) is 6.69. The molecule has 2 bridgehead atoms. The van der Waals surface area contributed by atoms with Gasteiger partial charge in [-0.1, -0.05) is 0 Å². The van der Waals surface area contributed by atoms with Crippen molar-refractivity contribution in [3.63, 3.8) is 0 Å². The Morgan fingerprint density at radius 1 is 1.26 bits per heavy atom. The molecule has 0 spiro atoms. The summed E-state index contributed by atoms with van der Waals surface area (Å²) in [6.07, 6.45) is 3.01. The van der Waals surface area contributed by atoms with Crippen molar-refractivity contribution >= 4 is 18.7 Å². The second-order valence-corrected chi connectivity index (χ2v) is 9.81. The number of rotatable bonds is 3. The molecular weight excluding hydrogens is 303 g/mol. The first-order valence-corrected chi connectivity index (χ1v) is 9.94. The van der Waals surface area contributed by atoms with Crippen LogP contribution in [0.5, 0.6) is 0 Å². The third-order valence-electron chi connectivity index (χ3n) is 5.80. The molecule has 2 N–H and O–H groups in total. The first kappa shape index (κ1) is 13.6. The van der Waals surface area contributed by atoms with Gasteiger partial charge in [0, 0.05) is 0 Å². The van der Waals surface area contributed by atoms with Gasteiger partial charge in [-0.2, -0.15) is 0 Å². The minimum atomic E-state index is -1.80. The predicted molar refractivity (Wildman–Crippen MR) is 78.4 cm³/mol. The number of benzene rings is 1. The average molecular weight is 326 g/mol. The van der Waals surface area contributed by atoms with Gasteiger partial charge in [0.1, 0.15) is 0 Å². The molecular formula is C16H23O2Se+. The second kappa shape index (κ2) is 4.59. The van der Waals surface area contributed by atoms with Gasteiger partial charge in [-0.15, -0.1) is 0 Å². The van der Waals surface area contributed by atoms with E-state index in [-0.39, 0.29) is 16.9 Å². The molecule has 1 unspecified atom stereocenters. The summed E-state index contributed by atoms with van der Waals surface area (Å²) in [6.45, 7) is 4.59. The summed E-state index contributed by atoms with van der Waals surface area (Å²) in [5.74, 6) is 0.636. The van der Waals surface area contributed by atoms with Gasteiger partial charge in [-0.05, 0) is 0 Å². The normalized spacial score (nSPS) is 37.5. The number of fused-ring (bicyclic) bond motifs is 2. The fraction of sp³-hybridized carbons (Fsp3) is 0.625. The third-order valence-corrected chi connectivity index (χ3v) is 9.17. The Kier molecular flexibility index (Phi) is 3.30. The molecule has 2 aliphatic rings. The van der Waals surface area contributed by atoms with E-state index < -0.39 is 14.2 Å². The molecule has 3 heteroatoms. The van der Waals surface area contributed by atoms with Crippen molar-refractivity contribution in [2.75, 3.05) is 0 Å². The van der Waals surface area contributed by atoms with Gasteiger partial charge in [0.15, 0.2) is 0 Å². The topological polar surface area (TPSA) is 40.5 Å². The molecule has 2 nitrogen and oxygen atoms in total. The van der Waals surface area contributed by atoms with Crippen LogP contribution < -0.4 is 4.46 Å². The first-order valence-electron chi connectivity index (χ1n) is 7.10. The van der Waals surface area contributed by atoms with E-state index in [1.165, 1.54) is 6.42 Å². The van der Waals surface area contributed by atoms with Crippen LogP contribution in [0, 0.1) is 16.7 Å². The number of hydrogen-bond donors (Lipinski definition) is 2. The molecule has 2 saturated carbocycles. The Bertz CT molecular complexity index is 459. The van der Waals surface area contributed by atoms with Crippen LogP contribution in [0.15, 0.2) is 30.3 Å². The Hall–Kier alpha value is -0.341. The standard InChI is InChI=1S/C16H23O2Se/c1-15(2)12-8-9-16(15,14(17)10-12)11-19(18)13-6-4-3-5-7-13/h3-7,12,14,17-18H,8-11H2,1-2H3/q+1/t12-,14-,16-,19?/m1/s1. The summed E-state index contributed by atoms with van der Waals surface area (Å²) >= 11 is -1.80. The summed E-state index contributed by atoms with van der Waals surface area (Å²) in [5.41, 5.74) is 0.124. The van der Waals surface area contributed by atoms with E-state index in [2.05, 4.69) is 13.8 Å². The van der Waals surface area contributed by atoms with Crippen molar-refractivity contribution in [1.82, 2.24) is 0 Å². The van der Waals surface area contributed by atoms with Crippen LogP contribution in [0.4, 0.5) is 0 Å². The van der Waals surface area contributed by atoms with E-state index in [1.54, 1.807) is 0 Å². The first-order chi connectivity index (χ1) is 8.97. The SMILES string of the molecule is CC1(C)[C@@H]2CC[C@@]1(C[Se+](O)c1ccccc1)[C@H](O)C2. The van der Waals surface area contributed by atoms with E-state index in [0.29, 0.717) is 5.92 Å². The van der Waals surface area contributed by atoms with Crippen LogP contribution in [-0.4, -0.2) is 29.6 Å². The molecule has 0 radical (unpaired) electrons. The van der Waals surface area contributed by atoms with Gasteiger partial charge >= 0.3 is 120 Å². The minimum absolute atomic E-state index is 0.0487. The van der Waals surface area contributed by atoms with E-state index in [1.807, 2.05) is 30.3 Å². The molecule has 104 valence electrons. The predicted octanol–water partition coefficient (Wildman–Crippen LogP) is 2.06. The fourth-order valence-electron chi connectivity index (χ4n) is 4.28. The van der Waals surface area contributed by atoms with Gasteiger partial charge in [0.25, 0.3) is 0 Å². The van der Waals surface area contributed by atoms with Crippen molar-refractivity contribution in [3.8, 4) is 0 Å². The molecule has 19 heavy (non-hydrogen) atoms. The Balaban J connectivity index is 1.86. The van der Waals surface area contributed by atoms with E-state index in [4.69, 9.17) is 0 Å². The third kappa shape index (κ3) is 1.91. The molecule has 0 amide bonds. The van der Waals surface area contributed by atoms with Crippen LogP contribution in [0.2, 0.25) is 5.32 Å². The van der Waals surface area contributed by atoms with Gasteiger partial charge in [0.05, 0.1) is 0 Å². The maximum atomic E-state index is 10.7. The molecule has 1 aromatic carbocycles. The summed E-state index contributed by atoms with van der Waals surface area (Å²) in [7, 11) is 0. The average Bonchev–Trinajstić information content (AvgIpc) is 2.74. The summed E-state index contributed by atoms with van der Waals surface area (Å²) < 4.78 is 11.8. The molecule has 0 aliphatic heterocycles. The summed E-state index contributed by atoms with van der Waals surface area (Å²) in [4.78, 5) is 0. The van der Waals surface area contributed by atoms with Gasteiger partial charge in [-0.25, -0.2) is 0 Å². The molecule has 0 heterocycles. The van der Waals surface area contributed by atoms with Crippen molar-refractivity contribution in [2.24, 2.45) is 16.7 Å². The maximum absolute atomic E-state index is 10.7. The number of aliphatic hydroxyl groups excluding tert-OH is 1. The monoisotopic (exact) mass is 327 g/mol. The Morgan fingerprint density at radius 2 is 1.95 bits per heavy atom.